The van der Waals surface area contributed by atoms with Crippen LogP contribution in [0.4, 0.5) is 4.79 Å². The van der Waals surface area contributed by atoms with E-state index in [0.29, 0.717) is 30.9 Å². The molecule has 2 saturated heterocycles. The highest BCUT2D eigenvalue weighted by Gasteiger charge is 2.30. The monoisotopic (exact) mass is 334 g/mol. The van der Waals surface area contributed by atoms with Crippen LogP contribution in [-0.4, -0.2) is 70.3 Å². The number of amides is 1. The minimum atomic E-state index is -0.788. The van der Waals surface area contributed by atoms with E-state index in [2.05, 4.69) is 14.9 Å². The summed E-state index contributed by atoms with van der Waals surface area (Å²) in [6, 6.07) is 0.499. The number of hydrogen-bond donors (Lipinski definition) is 1. The summed E-state index contributed by atoms with van der Waals surface area (Å²) in [6.45, 7) is 3.38. The fourth-order valence-electron chi connectivity index (χ4n) is 3.95. The molecule has 2 aliphatic rings. The number of piperidine rings is 1. The van der Waals surface area contributed by atoms with Gasteiger partial charge in [0.05, 0.1) is 7.11 Å². The van der Waals surface area contributed by atoms with Gasteiger partial charge in [-0.25, -0.2) is 9.78 Å². The number of aromatic nitrogens is 2. The summed E-state index contributed by atoms with van der Waals surface area (Å²) >= 11 is 0. The Hall–Kier alpha value is -1.89. The van der Waals surface area contributed by atoms with Gasteiger partial charge in [-0.05, 0) is 45.2 Å². The van der Waals surface area contributed by atoms with Crippen molar-refractivity contribution < 1.29 is 14.6 Å². The van der Waals surface area contributed by atoms with E-state index in [1.165, 1.54) is 0 Å². The van der Waals surface area contributed by atoms with Crippen molar-refractivity contribution in [3.8, 4) is 5.88 Å². The Bertz CT molecular complexity index is 561. The Morgan fingerprint density at radius 3 is 2.58 bits per heavy atom. The molecule has 3 rings (SSSR count). The SMILES string of the molecule is COc1nccnc1C1CCN(C2CCCN(C(=O)O)CC2)CC1. The molecule has 0 aromatic carbocycles. The van der Waals surface area contributed by atoms with E-state index in [-0.39, 0.29) is 0 Å². The van der Waals surface area contributed by atoms with Crippen LogP contribution in [0.5, 0.6) is 5.88 Å². The fraction of sp³-hybridized carbons (Fsp3) is 0.706. The van der Waals surface area contributed by atoms with Gasteiger partial charge in [0.15, 0.2) is 0 Å². The third kappa shape index (κ3) is 3.77. The van der Waals surface area contributed by atoms with E-state index in [1.54, 1.807) is 24.4 Å². The molecule has 1 atom stereocenters. The Labute approximate surface area is 142 Å². The molecule has 7 heteroatoms. The lowest BCUT2D eigenvalue weighted by molar-refractivity contribution is 0.130. The second kappa shape index (κ2) is 7.79. The molecule has 2 aliphatic heterocycles. The molecular weight excluding hydrogens is 308 g/mol. The molecule has 0 bridgehead atoms. The molecule has 1 aromatic heterocycles. The molecule has 0 radical (unpaired) electrons. The molecule has 1 unspecified atom stereocenters. The minimum Gasteiger partial charge on any atom is -0.480 e. The largest absolute Gasteiger partial charge is 0.480 e. The van der Waals surface area contributed by atoms with Crippen molar-refractivity contribution in [3.63, 3.8) is 0 Å². The third-order valence-electron chi connectivity index (χ3n) is 5.29. The molecule has 2 fully saturated rings. The molecule has 1 aromatic rings. The van der Waals surface area contributed by atoms with Gasteiger partial charge in [0, 0.05) is 37.4 Å². The van der Waals surface area contributed by atoms with Crippen molar-refractivity contribution in [2.45, 2.75) is 44.1 Å². The van der Waals surface area contributed by atoms with Gasteiger partial charge in [0.2, 0.25) is 5.88 Å². The maximum absolute atomic E-state index is 11.1. The second-order valence-electron chi connectivity index (χ2n) is 6.62. The number of methoxy groups -OCH3 is 1. The Kier molecular flexibility index (Phi) is 5.50. The highest BCUT2D eigenvalue weighted by molar-refractivity contribution is 5.64. The van der Waals surface area contributed by atoms with Crippen LogP contribution in [0.1, 0.15) is 43.7 Å². The molecule has 132 valence electrons. The number of carboxylic acid groups (broad SMARTS) is 1. The van der Waals surface area contributed by atoms with Gasteiger partial charge in [0.1, 0.15) is 5.69 Å². The van der Waals surface area contributed by atoms with Crippen molar-refractivity contribution in [2.24, 2.45) is 0 Å². The van der Waals surface area contributed by atoms with Gasteiger partial charge in [-0.2, -0.15) is 0 Å². The maximum Gasteiger partial charge on any atom is 0.407 e. The normalized spacial score (nSPS) is 23.7. The second-order valence-corrected chi connectivity index (χ2v) is 6.62. The first-order valence-corrected chi connectivity index (χ1v) is 8.76. The van der Waals surface area contributed by atoms with Gasteiger partial charge < -0.3 is 19.6 Å². The van der Waals surface area contributed by atoms with Crippen LogP contribution in [0.25, 0.3) is 0 Å². The van der Waals surface area contributed by atoms with Crippen molar-refractivity contribution in [1.82, 2.24) is 19.8 Å². The zero-order chi connectivity index (χ0) is 16.9. The number of ether oxygens (including phenoxy) is 1. The van der Waals surface area contributed by atoms with E-state index in [9.17, 15) is 4.79 Å². The van der Waals surface area contributed by atoms with Gasteiger partial charge in [0.25, 0.3) is 0 Å². The summed E-state index contributed by atoms with van der Waals surface area (Å²) in [6.07, 6.45) is 7.68. The lowest BCUT2D eigenvalue weighted by Crippen LogP contribution is -2.41. The van der Waals surface area contributed by atoms with Crippen molar-refractivity contribution in [3.05, 3.63) is 18.1 Å². The first-order valence-electron chi connectivity index (χ1n) is 8.76. The molecule has 1 N–H and O–H groups in total. The van der Waals surface area contributed by atoms with Crippen LogP contribution in [0.2, 0.25) is 0 Å². The molecule has 0 aliphatic carbocycles. The van der Waals surface area contributed by atoms with Crippen LogP contribution >= 0.6 is 0 Å². The van der Waals surface area contributed by atoms with Gasteiger partial charge in [-0.15, -0.1) is 0 Å². The van der Waals surface area contributed by atoms with Crippen molar-refractivity contribution in [1.29, 1.82) is 0 Å². The van der Waals surface area contributed by atoms with E-state index >= 15 is 0 Å². The van der Waals surface area contributed by atoms with Crippen molar-refractivity contribution in [2.75, 3.05) is 33.3 Å². The maximum atomic E-state index is 11.1. The number of hydrogen-bond acceptors (Lipinski definition) is 5. The Morgan fingerprint density at radius 2 is 1.88 bits per heavy atom. The van der Waals surface area contributed by atoms with Crippen LogP contribution in [0.15, 0.2) is 12.4 Å². The topological polar surface area (TPSA) is 78.8 Å². The standard InChI is InChI=1S/C17H26N4O3/c1-24-16-15(18-7-8-19-16)13-4-10-20(11-5-13)14-3-2-9-21(12-6-14)17(22)23/h7-8,13-14H,2-6,9-12H2,1H3,(H,22,23). The quantitative estimate of drug-likeness (QED) is 0.913. The van der Waals surface area contributed by atoms with E-state index in [1.807, 2.05) is 0 Å². The summed E-state index contributed by atoms with van der Waals surface area (Å²) in [5.41, 5.74) is 0.970. The predicted molar refractivity (Wildman–Crippen MR) is 89.4 cm³/mol. The van der Waals surface area contributed by atoms with Crippen LogP contribution < -0.4 is 4.74 Å². The minimum absolute atomic E-state index is 0.395. The van der Waals surface area contributed by atoms with Gasteiger partial charge in [-0.1, -0.05) is 0 Å². The Balaban J connectivity index is 1.56. The van der Waals surface area contributed by atoms with Crippen LogP contribution in [0, 0.1) is 0 Å². The summed E-state index contributed by atoms with van der Waals surface area (Å²) in [4.78, 5) is 24.0. The number of carbonyl (C=O) groups is 1. The molecule has 3 heterocycles. The van der Waals surface area contributed by atoms with E-state index in [0.717, 1.165) is 50.9 Å². The van der Waals surface area contributed by atoms with E-state index in [4.69, 9.17) is 9.84 Å². The summed E-state index contributed by atoms with van der Waals surface area (Å²) in [7, 11) is 1.64. The summed E-state index contributed by atoms with van der Waals surface area (Å²) < 4.78 is 5.34. The molecule has 24 heavy (non-hydrogen) atoms. The van der Waals surface area contributed by atoms with E-state index < -0.39 is 6.09 Å². The number of rotatable bonds is 3. The smallest absolute Gasteiger partial charge is 0.407 e. The third-order valence-corrected chi connectivity index (χ3v) is 5.29. The average Bonchev–Trinajstić information content (AvgIpc) is 2.88. The first-order chi connectivity index (χ1) is 11.7. The highest BCUT2D eigenvalue weighted by atomic mass is 16.5. The van der Waals surface area contributed by atoms with Crippen LogP contribution in [-0.2, 0) is 0 Å². The molecule has 1 amide bonds. The highest BCUT2D eigenvalue weighted by Crippen LogP contribution is 2.33. The molecule has 0 spiro atoms. The van der Waals surface area contributed by atoms with Crippen molar-refractivity contribution >= 4 is 6.09 Å². The molecular formula is C17H26N4O3. The lowest BCUT2D eigenvalue weighted by Gasteiger charge is -2.37. The van der Waals surface area contributed by atoms with Crippen LogP contribution in [0.3, 0.4) is 0 Å². The van der Waals surface area contributed by atoms with Gasteiger partial charge >= 0.3 is 6.09 Å². The summed E-state index contributed by atoms with van der Waals surface area (Å²) in [5.74, 6) is 1.04. The number of nitrogens with zero attached hydrogens (tertiary/aromatic N) is 4. The van der Waals surface area contributed by atoms with Gasteiger partial charge in [-0.3, -0.25) is 4.98 Å². The zero-order valence-electron chi connectivity index (χ0n) is 14.2. The number of likely N-dealkylation sites (tertiary alicyclic amines) is 2. The summed E-state index contributed by atoms with van der Waals surface area (Å²) in [5, 5.41) is 9.16. The molecule has 7 nitrogen and oxygen atoms in total. The fourth-order valence-corrected chi connectivity index (χ4v) is 3.95. The lowest BCUT2D eigenvalue weighted by atomic mass is 9.91. The first kappa shape index (κ1) is 17.0. The average molecular weight is 334 g/mol. The molecule has 0 saturated carbocycles. The predicted octanol–water partition coefficient (Wildman–Crippen LogP) is 2.20. The Morgan fingerprint density at radius 1 is 1.12 bits per heavy atom. The zero-order valence-corrected chi connectivity index (χ0v) is 14.2.